The minimum Gasteiger partial charge on any atom is -0.756 e. The summed E-state index contributed by atoms with van der Waals surface area (Å²) in [5, 5.41) is 11.3. The molecule has 3 heteroatoms. The van der Waals surface area contributed by atoms with Crippen LogP contribution in [0.5, 0.6) is 0 Å². The Morgan fingerprint density at radius 2 is 2.09 bits per heavy atom. The van der Waals surface area contributed by atoms with Gasteiger partial charge in [0.05, 0.1) is 0 Å². The van der Waals surface area contributed by atoms with E-state index in [-0.39, 0.29) is 6.54 Å². The van der Waals surface area contributed by atoms with Gasteiger partial charge < -0.3 is 10.3 Å². The van der Waals surface area contributed by atoms with Gasteiger partial charge in [0.2, 0.25) is 5.91 Å². The number of carbonyl (C=O) groups excluding carboxylic acids is 1. The molecule has 0 atom stereocenters. The Kier molecular flexibility index (Phi) is 1.20. The molecule has 1 aromatic rings. The zero-order valence-corrected chi connectivity index (χ0v) is 5.78. The number of rotatable bonds is 0. The summed E-state index contributed by atoms with van der Waals surface area (Å²) in [7, 11) is 0. The van der Waals surface area contributed by atoms with Crippen LogP contribution in [0, 0.1) is 5.21 Å². The third-order valence-electron chi connectivity index (χ3n) is 1.79. The van der Waals surface area contributed by atoms with Gasteiger partial charge in [-0.25, -0.2) is 0 Å². The smallest absolute Gasteiger partial charge is 0.243 e. The third-order valence-corrected chi connectivity index (χ3v) is 1.79. The van der Waals surface area contributed by atoms with Gasteiger partial charge in [0.1, 0.15) is 0 Å². The van der Waals surface area contributed by atoms with E-state index in [9.17, 15) is 10.0 Å². The molecule has 1 aromatic carbocycles. The van der Waals surface area contributed by atoms with Gasteiger partial charge in [0, 0.05) is 12.1 Å². The lowest BCUT2D eigenvalue weighted by Crippen LogP contribution is -2.15. The molecule has 3 nitrogen and oxygen atoms in total. The molecule has 0 saturated heterocycles. The van der Waals surface area contributed by atoms with Gasteiger partial charge in [-0.3, -0.25) is 4.79 Å². The van der Waals surface area contributed by atoms with Crippen LogP contribution < -0.4 is 0 Å². The summed E-state index contributed by atoms with van der Waals surface area (Å²) in [6.07, 6.45) is 0. The topological polar surface area (TPSA) is 43.4 Å². The fourth-order valence-electron chi connectivity index (χ4n) is 1.23. The lowest BCUT2D eigenvalue weighted by Gasteiger charge is -2.19. The molecule has 0 fully saturated rings. The molecule has 11 heavy (non-hydrogen) atoms. The first-order valence-electron chi connectivity index (χ1n) is 3.36. The van der Waals surface area contributed by atoms with E-state index in [1.54, 1.807) is 18.2 Å². The third kappa shape index (κ3) is 0.816. The summed E-state index contributed by atoms with van der Waals surface area (Å²) in [4.78, 5) is 11.0. The van der Waals surface area contributed by atoms with Crippen LogP contribution in [0.4, 0.5) is 0 Å². The van der Waals surface area contributed by atoms with Crippen LogP contribution in [0.3, 0.4) is 0 Å². The fraction of sp³-hybridized carbons (Fsp3) is 0.125. The van der Waals surface area contributed by atoms with E-state index < -0.39 is 5.91 Å². The van der Waals surface area contributed by atoms with Crippen molar-refractivity contribution in [2.45, 2.75) is 6.54 Å². The largest absolute Gasteiger partial charge is 0.756 e. The maximum atomic E-state index is 11.0. The van der Waals surface area contributed by atoms with Gasteiger partial charge in [0.15, 0.2) is 0 Å². The number of hydrogen-bond acceptors (Lipinski definition) is 2. The minimum absolute atomic E-state index is 0.203. The Morgan fingerprint density at radius 1 is 1.36 bits per heavy atom. The Morgan fingerprint density at radius 3 is 2.82 bits per heavy atom. The van der Waals surface area contributed by atoms with E-state index >= 15 is 0 Å². The monoisotopic (exact) mass is 148 g/mol. The van der Waals surface area contributed by atoms with E-state index in [1.807, 2.05) is 6.07 Å². The summed E-state index contributed by atoms with van der Waals surface area (Å²) in [5.74, 6) is -0.416. The number of hydroxylamine groups is 2. The Bertz CT molecular complexity index is 309. The maximum Gasteiger partial charge on any atom is 0.243 e. The maximum absolute atomic E-state index is 11.0. The second kappa shape index (κ2) is 2.07. The molecule has 0 bridgehead atoms. The second-order valence-corrected chi connectivity index (χ2v) is 2.50. The summed E-state index contributed by atoms with van der Waals surface area (Å²) in [6.45, 7) is 0.203. The van der Waals surface area contributed by atoms with Crippen LogP contribution in [0.1, 0.15) is 15.9 Å². The SMILES string of the molecule is O=C1c2ccccc2CN1[O-]. The number of nitrogens with zero attached hydrogens (tertiary/aromatic N) is 1. The van der Waals surface area contributed by atoms with Crippen LogP contribution in [0.25, 0.3) is 0 Å². The van der Waals surface area contributed by atoms with Gasteiger partial charge in [-0.2, -0.15) is 0 Å². The zero-order chi connectivity index (χ0) is 7.84. The lowest BCUT2D eigenvalue weighted by atomic mass is 10.1. The van der Waals surface area contributed by atoms with Gasteiger partial charge >= 0.3 is 0 Å². The molecule has 1 heterocycles. The van der Waals surface area contributed by atoms with Crippen molar-refractivity contribution in [2.24, 2.45) is 0 Å². The summed E-state index contributed by atoms with van der Waals surface area (Å²) >= 11 is 0. The molecular weight excluding hydrogens is 142 g/mol. The number of carbonyl (C=O) groups is 1. The molecule has 0 unspecified atom stereocenters. The lowest BCUT2D eigenvalue weighted by molar-refractivity contribution is 0.0842. The first kappa shape index (κ1) is 6.37. The van der Waals surface area contributed by atoms with Crippen molar-refractivity contribution in [1.29, 1.82) is 0 Å². The van der Waals surface area contributed by atoms with Crippen molar-refractivity contribution in [3.63, 3.8) is 0 Å². The first-order valence-corrected chi connectivity index (χ1v) is 3.36. The molecule has 1 aliphatic heterocycles. The van der Waals surface area contributed by atoms with Crippen LogP contribution in [-0.2, 0) is 6.54 Å². The molecule has 0 saturated carbocycles. The van der Waals surface area contributed by atoms with E-state index in [0.29, 0.717) is 10.6 Å². The van der Waals surface area contributed by atoms with Gasteiger partial charge in [-0.15, -0.1) is 0 Å². The predicted octanol–water partition coefficient (Wildman–Crippen LogP) is 1.14. The Hall–Kier alpha value is -1.35. The van der Waals surface area contributed by atoms with Crippen LogP contribution in [0.2, 0.25) is 0 Å². The van der Waals surface area contributed by atoms with E-state index in [2.05, 4.69) is 0 Å². The molecular formula is C8H6NO2-. The molecule has 1 aliphatic rings. The molecule has 0 N–H and O–H groups in total. The fourth-order valence-corrected chi connectivity index (χ4v) is 1.23. The molecule has 0 spiro atoms. The second-order valence-electron chi connectivity index (χ2n) is 2.50. The number of hydrogen-bond donors (Lipinski definition) is 0. The quantitative estimate of drug-likeness (QED) is 0.553. The van der Waals surface area contributed by atoms with Crippen molar-refractivity contribution in [3.8, 4) is 0 Å². The minimum atomic E-state index is -0.416. The van der Waals surface area contributed by atoms with Gasteiger partial charge in [-0.05, 0) is 11.6 Å². The van der Waals surface area contributed by atoms with Gasteiger partial charge in [-0.1, -0.05) is 18.2 Å². The summed E-state index contributed by atoms with van der Waals surface area (Å²) in [5.41, 5.74) is 1.37. The highest BCUT2D eigenvalue weighted by atomic mass is 16.5. The van der Waals surface area contributed by atoms with Crippen LogP contribution in [0.15, 0.2) is 24.3 Å². The number of benzene rings is 1. The summed E-state index contributed by atoms with van der Waals surface area (Å²) < 4.78 is 0. The molecule has 1 amide bonds. The van der Waals surface area contributed by atoms with E-state index in [0.717, 1.165) is 5.56 Å². The average molecular weight is 148 g/mol. The molecule has 56 valence electrons. The highest BCUT2D eigenvalue weighted by Gasteiger charge is 2.19. The van der Waals surface area contributed by atoms with Crippen molar-refractivity contribution in [1.82, 2.24) is 5.06 Å². The standard InChI is InChI=1S/C8H6NO2/c10-8-7-4-2-1-3-6(7)5-9(8)11/h1-4H,5H2/q-1. The van der Waals surface area contributed by atoms with Gasteiger partial charge in [0.25, 0.3) is 0 Å². The van der Waals surface area contributed by atoms with Crippen LogP contribution in [-0.4, -0.2) is 11.0 Å². The molecule has 0 aromatic heterocycles. The Labute approximate surface area is 63.8 Å². The van der Waals surface area contributed by atoms with Crippen molar-refractivity contribution in [2.75, 3.05) is 0 Å². The van der Waals surface area contributed by atoms with Crippen molar-refractivity contribution >= 4 is 5.91 Å². The van der Waals surface area contributed by atoms with E-state index in [1.165, 1.54) is 0 Å². The first-order chi connectivity index (χ1) is 5.29. The number of amides is 1. The summed E-state index contributed by atoms with van der Waals surface area (Å²) in [6, 6.07) is 7.06. The van der Waals surface area contributed by atoms with E-state index in [4.69, 9.17) is 0 Å². The Balaban J connectivity index is 2.55. The molecule has 2 rings (SSSR count). The highest BCUT2D eigenvalue weighted by Crippen LogP contribution is 2.20. The van der Waals surface area contributed by atoms with Crippen molar-refractivity contribution < 1.29 is 4.79 Å². The van der Waals surface area contributed by atoms with Crippen LogP contribution >= 0.6 is 0 Å². The van der Waals surface area contributed by atoms with Crippen molar-refractivity contribution in [3.05, 3.63) is 40.6 Å². The zero-order valence-electron chi connectivity index (χ0n) is 5.78. The average Bonchev–Trinajstić information content (AvgIpc) is 2.30. The molecule has 0 aliphatic carbocycles. The normalized spacial score (nSPS) is 15.4. The predicted molar refractivity (Wildman–Crippen MR) is 39.7 cm³/mol. The highest BCUT2D eigenvalue weighted by molar-refractivity contribution is 5.98. The molecule has 0 radical (unpaired) electrons. The number of fused-ring (bicyclic) bond motifs is 1.